The van der Waals surface area contributed by atoms with Gasteiger partial charge in [0.15, 0.2) is 0 Å². The molecule has 0 radical (unpaired) electrons. The standard InChI is InChI=1S/C15H17BrN2O2S/c1-3-20-15(19)10-4-5-14(13(17)6-10)18(2)8-12-7-11(16)9-21-12/h4-7,9H,3,8,17H2,1-2H3. The molecule has 2 aromatic rings. The van der Waals surface area contributed by atoms with Crippen LogP contribution in [0.3, 0.4) is 0 Å². The van der Waals surface area contributed by atoms with Gasteiger partial charge in [-0.05, 0) is 47.1 Å². The Bertz CT molecular complexity index is 642. The maximum atomic E-state index is 11.7. The number of thiophene rings is 1. The van der Waals surface area contributed by atoms with E-state index in [9.17, 15) is 4.79 Å². The molecule has 0 saturated heterocycles. The SMILES string of the molecule is CCOC(=O)c1ccc(N(C)Cc2cc(Br)cs2)c(N)c1. The molecule has 2 N–H and O–H groups in total. The van der Waals surface area contributed by atoms with Crippen molar-refractivity contribution in [3.8, 4) is 0 Å². The molecule has 0 amide bonds. The van der Waals surface area contributed by atoms with Crippen LogP contribution in [0.2, 0.25) is 0 Å². The third-order valence-corrected chi connectivity index (χ3v) is 4.65. The molecule has 1 aromatic carbocycles. The molecule has 0 fully saturated rings. The first-order valence-electron chi connectivity index (χ1n) is 6.52. The summed E-state index contributed by atoms with van der Waals surface area (Å²) in [6.45, 7) is 2.90. The van der Waals surface area contributed by atoms with Gasteiger partial charge in [0, 0.05) is 21.8 Å². The number of carbonyl (C=O) groups excluding carboxylic acids is 1. The molecule has 112 valence electrons. The first-order valence-corrected chi connectivity index (χ1v) is 8.19. The number of rotatable bonds is 5. The number of ether oxygens (including phenoxy) is 1. The van der Waals surface area contributed by atoms with E-state index in [0.29, 0.717) is 17.9 Å². The van der Waals surface area contributed by atoms with Crippen molar-refractivity contribution in [3.63, 3.8) is 0 Å². The van der Waals surface area contributed by atoms with E-state index in [-0.39, 0.29) is 5.97 Å². The molecule has 1 heterocycles. The van der Waals surface area contributed by atoms with E-state index >= 15 is 0 Å². The molecule has 0 spiro atoms. The highest BCUT2D eigenvalue weighted by atomic mass is 79.9. The van der Waals surface area contributed by atoms with Crippen LogP contribution in [0.15, 0.2) is 34.1 Å². The normalized spacial score (nSPS) is 10.4. The van der Waals surface area contributed by atoms with Crippen LogP contribution >= 0.6 is 27.3 Å². The van der Waals surface area contributed by atoms with Gasteiger partial charge >= 0.3 is 5.97 Å². The fourth-order valence-corrected chi connectivity index (χ4v) is 3.50. The summed E-state index contributed by atoms with van der Waals surface area (Å²) in [4.78, 5) is 15.0. The molecule has 6 heteroatoms. The molecule has 2 rings (SSSR count). The van der Waals surface area contributed by atoms with E-state index in [1.165, 1.54) is 4.88 Å². The second kappa shape index (κ2) is 6.95. The van der Waals surface area contributed by atoms with E-state index in [1.807, 2.05) is 13.1 Å². The fraction of sp³-hybridized carbons (Fsp3) is 0.267. The summed E-state index contributed by atoms with van der Waals surface area (Å²) in [5.74, 6) is -0.347. The molecule has 0 atom stereocenters. The van der Waals surface area contributed by atoms with E-state index in [4.69, 9.17) is 10.5 Å². The lowest BCUT2D eigenvalue weighted by molar-refractivity contribution is 0.0526. The number of nitrogens with zero attached hydrogens (tertiary/aromatic N) is 1. The molecule has 0 aliphatic carbocycles. The summed E-state index contributed by atoms with van der Waals surface area (Å²) in [6.07, 6.45) is 0. The van der Waals surface area contributed by atoms with Gasteiger partial charge in [0.2, 0.25) is 0 Å². The van der Waals surface area contributed by atoms with Gasteiger partial charge in [0.1, 0.15) is 0 Å². The molecular weight excluding hydrogens is 352 g/mol. The summed E-state index contributed by atoms with van der Waals surface area (Å²) in [7, 11) is 1.98. The molecule has 21 heavy (non-hydrogen) atoms. The molecule has 0 bridgehead atoms. The highest BCUT2D eigenvalue weighted by Gasteiger charge is 2.12. The van der Waals surface area contributed by atoms with E-state index in [0.717, 1.165) is 16.7 Å². The zero-order valence-electron chi connectivity index (χ0n) is 11.9. The third-order valence-electron chi connectivity index (χ3n) is 2.96. The van der Waals surface area contributed by atoms with E-state index < -0.39 is 0 Å². The minimum absolute atomic E-state index is 0.347. The van der Waals surface area contributed by atoms with Crippen molar-refractivity contribution in [3.05, 3.63) is 44.6 Å². The average molecular weight is 369 g/mol. The number of nitrogen functional groups attached to an aromatic ring is 1. The van der Waals surface area contributed by atoms with Gasteiger partial charge in [0.05, 0.1) is 30.1 Å². The Labute approximate surface area is 136 Å². The largest absolute Gasteiger partial charge is 0.462 e. The van der Waals surface area contributed by atoms with Crippen molar-refractivity contribution in [2.24, 2.45) is 0 Å². The first-order chi connectivity index (χ1) is 10.0. The van der Waals surface area contributed by atoms with Crippen LogP contribution in [-0.2, 0) is 11.3 Å². The Balaban J connectivity index is 2.14. The van der Waals surface area contributed by atoms with E-state index in [2.05, 4.69) is 32.3 Å². The van der Waals surface area contributed by atoms with Gasteiger partial charge in [0.25, 0.3) is 0 Å². The van der Waals surface area contributed by atoms with Gasteiger partial charge in [-0.25, -0.2) is 4.79 Å². The Hall–Kier alpha value is -1.53. The summed E-state index contributed by atoms with van der Waals surface area (Å²) < 4.78 is 6.05. The second-order valence-corrected chi connectivity index (χ2v) is 6.49. The number of hydrogen-bond donors (Lipinski definition) is 1. The maximum absolute atomic E-state index is 11.7. The van der Waals surface area contributed by atoms with Crippen LogP contribution in [0.5, 0.6) is 0 Å². The fourth-order valence-electron chi connectivity index (χ4n) is 2.00. The Morgan fingerprint density at radius 3 is 2.76 bits per heavy atom. The van der Waals surface area contributed by atoms with Gasteiger partial charge in [-0.1, -0.05) is 0 Å². The maximum Gasteiger partial charge on any atom is 0.338 e. The van der Waals surface area contributed by atoms with Crippen LogP contribution in [-0.4, -0.2) is 19.6 Å². The highest BCUT2D eigenvalue weighted by Crippen LogP contribution is 2.27. The van der Waals surface area contributed by atoms with Crippen LogP contribution in [0.1, 0.15) is 22.2 Å². The monoisotopic (exact) mass is 368 g/mol. The highest BCUT2D eigenvalue weighted by molar-refractivity contribution is 9.10. The minimum Gasteiger partial charge on any atom is -0.462 e. The Morgan fingerprint density at radius 1 is 1.43 bits per heavy atom. The predicted octanol–water partition coefficient (Wildman–Crippen LogP) is 3.91. The van der Waals surface area contributed by atoms with Gasteiger partial charge in [-0.2, -0.15) is 0 Å². The number of carbonyl (C=O) groups is 1. The van der Waals surface area contributed by atoms with Crippen molar-refractivity contribution < 1.29 is 9.53 Å². The number of esters is 1. The zero-order chi connectivity index (χ0) is 15.4. The number of benzene rings is 1. The van der Waals surface area contributed by atoms with Crippen molar-refractivity contribution in [2.75, 3.05) is 24.3 Å². The molecule has 0 unspecified atom stereocenters. The van der Waals surface area contributed by atoms with Crippen molar-refractivity contribution in [2.45, 2.75) is 13.5 Å². The van der Waals surface area contributed by atoms with Gasteiger partial charge in [-0.3, -0.25) is 0 Å². The van der Waals surface area contributed by atoms with Crippen LogP contribution in [0, 0.1) is 0 Å². The molecule has 0 saturated carbocycles. The second-order valence-electron chi connectivity index (χ2n) is 4.58. The molecule has 0 aliphatic heterocycles. The number of anilines is 2. The van der Waals surface area contributed by atoms with Crippen LogP contribution in [0.4, 0.5) is 11.4 Å². The number of hydrogen-bond acceptors (Lipinski definition) is 5. The number of nitrogens with two attached hydrogens (primary N) is 1. The molecule has 4 nitrogen and oxygen atoms in total. The third kappa shape index (κ3) is 3.98. The quantitative estimate of drug-likeness (QED) is 0.642. The van der Waals surface area contributed by atoms with E-state index in [1.54, 1.807) is 30.4 Å². The summed E-state index contributed by atoms with van der Waals surface area (Å²) in [6, 6.07) is 7.34. The smallest absolute Gasteiger partial charge is 0.338 e. The topological polar surface area (TPSA) is 55.6 Å². The lowest BCUT2D eigenvalue weighted by atomic mass is 10.1. The van der Waals surface area contributed by atoms with Crippen LogP contribution < -0.4 is 10.6 Å². The lowest BCUT2D eigenvalue weighted by Crippen LogP contribution is -2.17. The Kier molecular flexibility index (Phi) is 5.25. The summed E-state index contributed by atoms with van der Waals surface area (Å²) >= 11 is 5.14. The summed E-state index contributed by atoms with van der Waals surface area (Å²) in [5.41, 5.74) is 8.00. The molecular formula is C15H17BrN2O2S. The minimum atomic E-state index is -0.347. The molecule has 0 aliphatic rings. The predicted molar refractivity (Wildman–Crippen MR) is 90.9 cm³/mol. The van der Waals surface area contributed by atoms with Crippen LogP contribution in [0.25, 0.3) is 0 Å². The summed E-state index contributed by atoms with van der Waals surface area (Å²) in [5, 5.41) is 2.05. The Morgan fingerprint density at radius 2 is 2.19 bits per heavy atom. The number of halogens is 1. The van der Waals surface area contributed by atoms with Crippen molar-refractivity contribution in [1.29, 1.82) is 0 Å². The van der Waals surface area contributed by atoms with Gasteiger partial charge in [-0.15, -0.1) is 11.3 Å². The first kappa shape index (κ1) is 15.9. The lowest BCUT2D eigenvalue weighted by Gasteiger charge is -2.20. The average Bonchev–Trinajstić information content (AvgIpc) is 2.84. The van der Waals surface area contributed by atoms with Gasteiger partial charge < -0.3 is 15.4 Å². The zero-order valence-corrected chi connectivity index (χ0v) is 14.3. The van der Waals surface area contributed by atoms with Crippen molar-refractivity contribution in [1.82, 2.24) is 0 Å². The molecule has 1 aromatic heterocycles. The van der Waals surface area contributed by atoms with Crippen molar-refractivity contribution >= 4 is 44.6 Å².